The summed E-state index contributed by atoms with van der Waals surface area (Å²) in [7, 11) is 0. The monoisotopic (exact) mass is 475 g/mol. The molecule has 2 aromatic carbocycles. The number of benzene rings is 2. The van der Waals surface area contributed by atoms with Crippen molar-refractivity contribution in [2.75, 3.05) is 0 Å². The molecule has 2 aliphatic rings. The van der Waals surface area contributed by atoms with Crippen LogP contribution in [-0.2, 0) is 16.1 Å². The van der Waals surface area contributed by atoms with Gasteiger partial charge in [-0.05, 0) is 30.7 Å². The maximum Gasteiger partial charge on any atom is 0.205 e. The molecule has 1 aliphatic carbocycles. The lowest BCUT2D eigenvalue weighted by atomic mass is 9.77. The van der Waals surface area contributed by atoms with Gasteiger partial charge in [-0.25, -0.2) is 0 Å². The van der Waals surface area contributed by atoms with Crippen molar-refractivity contribution in [1.82, 2.24) is 0 Å². The lowest BCUT2D eigenvalue weighted by molar-refractivity contribution is -0.116. The summed E-state index contributed by atoms with van der Waals surface area (Å²) in [5.74, 6) is 0.335. The van der Waals surface area contributed by atoms with Crippen molar-refractivity contribution in [3.8, 4) is 17.9 Å². The predicted molar refractivity (Wildman–Crippen MR) is 116 cm³/mol. The fraction of sp³-hybridized carbons (Fsp3) is 0.208. The zero-order valence-corrected chi connectivity index (χ0v) is 18.1. The molecule has 1 aliphatic heterocycles. The number of ketones is 1. The number of halogens is 1. The SMILES string of the molecule is N#CC1=C(N)OC2=C(C(=O)CCC2)[C@H]1c1cc(Br)ccc1OCc1ccccc1C#N. The average molecular weight is 476 g/mol. The van der Waals surface area contributed by atoms with Crippen molar-refractivity contribution in [1.29, 1.82) is 10.5 Å². The third-order valence-electron chi connectivity index (χ3n) is 5.41. The molecule has 0 bridgehead atoms. The van der Waals surface area contributed by atoms with Crippen LogP contribution in [0, 0.1) is 22.7 Å². The molecule has 0 spiro atoms. The van der Waals surface area contributed by atoms with Crippen molar-refractivity contribution in [2.45, 2.75) is 31.8 Å². The molecule has 0 radical (unpaired) electrons. The molecule has 7 heteroatoms. The third kappa shape index (κ3) is 3.93. The number of carbonyl (C=O) groups excluding carboxylic acids is 1. The number of Topliss-reactive ketones (excluding diaryl/α,β-unsaturated/α-hetero) is 1. The van der Waals surface area contributed by atoms with Crippen molar-refractivity contribution in [3.05, 3.63) is 86.4 Å². The number of ether oxygens (including phenoxy) is 2. The Hall–Kier alpha value is -3.55. The lowest BCUT2D eigenvalue weighted by Gasteiger charge is -2.31. The molecule has 154 valence electrons. The van der Waals surface area contributed by atoms with E-state index in [-0.39, 0.29) is 23.8 Å². The van der Waals surface area contributed by atoms with Crippen LogP contribution < -0.4 is 10.5 Å². The molecule has 2 aromatic rings. The Labute approximate surface area is 188 Å². The van der Waals surface area contributed by atoms with E-state index in [0.29, 0.717) is 47.5 Å². The second-order valence-electron chi connectivity index (χ2n) is 7.28. The molecule has 0 amide bonds. The van der Waals surface area contributed by atoms with Gasteiger partial charge in [-0.1, -0.05) is 34.1 Å². The van der Waals surface area contributed by atoms with Crippen LogP contribution >= 0.6 is 15.9 Å². The number of hydrogen-bond donors (Lipinski definition) is 1. The smallest absolute Gasteiger partial charge is 0.205 e. The quantitative estimate of drug-likeness (QED) is 0.685. The molecule has 31 heavy (non-hydrogen) atoms. The van der Waals surface area contributed by atoms with Crippen molar-refractivity contribution in [3.63, 3.8) is 0 Å². The van der Waals surface area contributed by atoms with Gasteiger partial charge in [0.2, 0.25) is 5.88 Å². The van der Waals surface area contributed by atoms with Crippen LogP contribution in [0.2, 0.25) is 0 Å². The van der Waals surface area contributed by atoms with E-state index >= 15 is 0 Å². The van der Waals surface area contributed by atoms with Crippen LogP contribution in [-0.4, -0.2) is 5.78 Å². The van der Waals surface area contributed by atoms with E-state index in [1.54, 1.807) is 18.2 Å². The highest BCUT2D eigenvalue weighted by atomic mass is 79.9. The highest BCUT2D eigenvalue weighted by Crippen LogP contribution is 2.46. The second kappa shape index (κ2) is 8.67. The summed E-state index contributed by atoms with van der Waals surface area (Å²) in [5, 5.41) is 19.2. The molecule has 4 rings (SSSR count). The van der Waals surface area contributed by atoms with Crippen molar-refractivity contribution >= 4 is 21.7 Å². The van der Waals surface area contributed by atoms with Crippen LogP contribution in [0.4, 0.5) is 0 Å². The van der Waals surface area contributed by atoms with Gasteiger partial charge in [0.15, 0.2) is 5.78 Å². The molecular formula is C24H18BrN3O3. The molecule has 2 N–H and O–H groups in total. The van der Waals surface area contributed by atoms with Gasteiger partial charge in [0.1, 0.15) is 29.8 Å². The van der Waals surface area contributed by atoms with E-state index in [0.717, 1.165) is 10.0 Å². The fourth-order valence-corrected chi connectivity index (χ4v) is 4.33. The van der Waals surface area contributed by atoms with Gasteiger partial charge in [-0.3, -0.25) is 4.79 Å². The van der Waals surface area contributed by atoms with Gasteiger partial charge in [0, 0.05) is 34.0 Å². The Morgan fingerprint density at radius 1 is 1.16 bits per heavy atom. The maximum atomic E-state index is 12.8. The lowest BCUT2D eigenvalue weighted by Crippen LogP contribution is -2.27. The molecular weight excluding hydrogens is 458 g/mol. The Balaban J connectivity index is 1.79. The van der Waals surface area contributed by atoms with E-state index in [4.69, 9.17) is 15.2 Å². The first kappa shape index (κ1) is 20.7. The Morgan fingerprint density at radius 2 is 1.97 bits per heavy atom. The largest absolute Gasteiger partial charge is 0.489 e. The van der Waals surface area contributed by atoms with E-state index in [9.17, 15) is 15.3 Å². The Morgan fingerprint density at radius 3 is 2.74 bits per heavy atom. The first-order valence-corrected chi connectivity index (χ1v) is 10.6. The number of allylic oxidation sites excluding steroid dienone is 3. The van der Waals surface area contributed by atoms with Crippen LogP contribution in [0.5, 0.6) is 5.75 Å². The minimum Gasteiger partial charge on any atom is -0.489 e. The molecule has 0 saturated carbocycles. The normalized spacial score (nSPS) is 18.0. The predicted octanol–water partition coefficient (Wildman–Crippen LogP) is 4.71. The molecule has 0 saturated heterocycles. The molecule has 6 nitrogen and oxygen atoms in total. The van der Waals surface area contributed by atoms with E-state index in [1.807, 2.05) is 24.3 Å². The zero-order valence-electron chi connectivity index (χ0n) is 16.5. The van der Waals surface area contributed by atoms with Gasteiger partial charge in [-0.2, -0.15) is 10.5 Å². The van der Waals surface area contributed by atoms with Gasteiger partial charge in [-0.15, -0.1) is 0 Å². The van der Waals surface area contributed by atoms with Crippen LogP contribution in [0.25, 0.3) is 0 Å². The summed E-state index contributed by atoms with van der Waals surface area (Å²) in [4.78, 5) is 12.8. The maximum absolute atomic E-state index is 12.8. The van der Waals surface area contributed by atoms with E-state index in [2.05, 4.69) is 28.1 Å². The highest BCUT2D eigenvalue weighted by molar-refractivity contribution is 9.10. The number of nitrogens with two attached hydrogens (primary N) is 1. The summed E-state index contributed by atoms with van der Waals surface area (Å²) < 4.78 is 12.5. The molecule has 0 aromatic heterocycles. The van der Waals surface area contributed by atoms with Crippen LogP contribution in [0.15, 0.2) is 69.7 Å². The minimum atomic E-state index is -0.666. The molecule has 1 atom stereocenters. The summed E-state index contributed by atoms with van der Waals surface area (Å²) >= 11 is 3.48. The number of rotatable bonds is 4. The summed E-state index contributed by atoms with van der Waals surface area (Å²) in [6.07, 6.45) is 1.68. The molecule has 1 heterocycles. The van der Waals surface area contributed by atoms with Gasteiger partial charge in [0.25, 0.3) is 0 Å². The van der Waals surface area contributed by atoms with Crippen LogP contribution in [0.3, 0.4) is 0 Å². The van der Waals surface area contributed by atoms with Crippen molar-refractivity contribution < 1.29 is 14.3 Å². The second-order valence-corrected chi connectivity index (χ2v) is 8.19. The van der Waals surface area contributed by atoms with Gasteiger partial charge >= 0.3 is 0 Å². The van der Waals surface area contributed by atoms with E-state index in [1.165, 1.54) is 0 Å². The van der Waals surface area contributed by atoms with Crippen LogP contribution in [0.1, 0.15) is 41.9 Å². The Kier molecular flexibility index (Phi) is 5.79. The highest BCUT2D eigenvalue weighted by Gasteiger charge is 2.39. The average Bonchev–Trinajstić information content (AvgIpc) is 2.77. The molecule has 0 fully saturated rings. The fourth-order valence-electron chi connectivity index (χ4n) is 3.95. The Bertz CT molecular complexity index is 1220. The first-order chi connectivity index (χ1) is 15.0. The standard InChI is InChI=1S/C24H18BrN3O3/c25-16-8-9-20(30-13-15-5-2-1-4-14(15)11-26)17(10-16)22-18(12-27)24(28)31-21-7-3-6-19(29)23(21)22/h1-2,4-5,8-10,22H,3,6-7,13,28H2/t22-/m0/s1. The zero-order chi connectivity index (χ0) is 22.0. The van der Waals surface area contributed by atoms with Gasteiger partial charge in [0.05, 0.1) is 17.6 Å². The summed E-state index contributed by atoms with van der Waals surface area (Å²) in [6, 6.07) is 16.9. The van der Waals surface area contributed by atoms with E-state index < -0.39 is 5.92 Å². The third-order valence-corrected chi connectivity index (χ3v) is 5.90. The number of nitrogens with zero attached hydrogens (tertiary/aromatic N) is 2. The van der Waals surface area contributed by atoms with Crippen molar-refractivity contribution in [2.24, 2.45) is 5.73 Å². The number of carbonyl (C=O) groups is 1. The topological polar surface area (TPSA) is 109 Å². The molecule has 0 unspecified atom stereocenters. The first-order valence-electron chi connectivity index (χ1n) is 9.77. The van der Waals surface area contributed by atoms with Gasteiger partial charge < -0.3 is 15.2 Å². The number of nitriles is 2. The minimum absolute atomic E-state index is 0.0155. The summed E-state index contributed by atoms with van der Waals surface area (Å²) in [6.45, 7) is 0.169. The summed E-state index contributed by atoms with van der Waals surface area (Å²) in [5.41, 5.74) is 8.64. The number of hydrogen-bond acceptors (Lipinski definition) is 6.